The second-order valence-electron chi connectivity index (χ2n) is 6.74. The number of ether oxygens (including phenoxy) is 1. The molecule has 2 aliphatic heterocycles. The number of fused-ring (bicyclic) bond motifs is 2. The molecule has 2 bridgehead atoms. The maximum Gasteiger partial charge on any atom is 0.221 e. The topological polar surface area (TPSA) is 55.4 Å². The van der Waals surface area contributed by atoms with E-state index in [0.717, 1.165) is 19.3 Å². The van der Waals surface area contributed by atoms with Crippen molar-refractivity contribution < 1.29 is 14.3 Å². The van der Waals surface area contributed by atoms with Gasteiger partial charge < -0.3 is 10.1 Å². The highest BCUT2D eigenvalue weighted by molar-refractivity contribution is 14.1. The van der Waals surface area contributed by atoms with Gasteiger partial charge in [-0.25, -0.2) is 0 Å². The zero-order valence-electron chi connectivity index (χ0n) is 11.7. The number of nitrogens with one attached hydrogen (secondary N) is 1. The zero-order chi connectivity index (χ0) is 14.2. The second kappa shape index (κ2) is 5.68. The summed E-state index contributed by atoms with van der Waals surface area (Å²) in [6, 6.07) is -0.417. The standard InChI is InChI=1S/C14H22INO3/c1-14(2,3)12(13(15)18)16-11(17)7-8-6-9-4-5-10(8)19-9/h8-10,12H,4-7H2,1-3H3,(H,16,17). The third-order valence-corrected chi connectivity index (χ3v) is 4.70. The minimum Gasteiger partial charge on any atom is -0.375 e. The van der Waals surface area contributed by atoms with Crippen LogP contribution in [0.25, 0.3) is 0 Å². The van der Waals surface area contributed by atoms with Crippen molar-refractivity contribution in [3.63, 3.8) is 0 Å². The average molecular weight is 379 g/mol. The van der Waals surface area contributed by atoms with E-state index in [-0.39, 0.29) is 21.2 Å². The van der Waals surface area contributed by atoms with Crippen LogP contribution in [0.2, 0.25) is 0 Å². The Labute approximate surface area is 128 Å². The molecule has 0 aliphatic carbocycles. The van der Waals surface area contributed by atoms with Crippen molar-refractivity contribution in [1.82, 2.24) is 5.32 Å². The van der Waals surface area contributed by atoms with Gasteiger partial charge in [-0.15, -0.1) is 0 Å². The molecule has 5 heteroatoms. The Bertz CT molecular complexity index is 377. The van der Waals surface area contributed by atoms with Gasteiger partial charge in [0, 0.05) is 29.0 Å². The lowest BCUT2D eigenvalue weighted by Gasteiger charge is -2.29. The molecule has 1 N–H and O–H groups in total. The SMILES string of the molecule is CC(C)(C)C(NC(=O)CC1CC2CCC1O2)C(=O)I. The summed E-state index contributed by atoms with van der Waals surface area (Å²) in [5, 5.41) is 2.89. The molecular weight excluding hydrogens is 357 g/mol. The summed E-state index contributed by atoms with van der Waals surface area (Å²) < 4.78 is 5.75. The normalized spacial score (nSPS) is 31.3. The quantitative estimate of drug-likeness (QED) is 0.603. The van der Waals surface area contributed by atoms with Crippen LogP contribution in [-0.4, -0.2) is 27.9 Å². The molecule has 0 saturated carbocycles. The summed E-state index contributed by atoms with van der Waals surface area (Å²) >= 11 is 1.77. The van der Waals surface area contributed by atoms with Crippen LogP contribution in [0.4, 0.5) is 0 Å². The van der Waals surface area contributed by atoms with Crippen molar-refractivity contribution in [3.8, 4) is 0 Å². The molecule has 0 spiro atoms. The molecule has 2 rings (SSSR count). The fraction of sp³-hybridized carbons (Fsp3) is 0.857. The summed E-state index contributed by atoms with van der Waals surface area (Å²) in [4.78, 5) is 23.8. The smallest absolute Gasteiger partial charge is 0.221 e. The van der Waals surface area contributed by atoms with E-state index in [1.807, 2.05) is 20.8 Å². The Morgan fingerprint density at radius 2 is 2.05 bits per heavy atom. The number of carbonyl (C=O) groups excluding carboxylic acids is 2. The first-order valence-corrected chi connectivity index (χ1v) is 7.99. The van der Waals surface area contributed by atoms with Crippen LogP contribution < -0.4 is 5.32 Å². The third kappa shape index (κ3) is 3.68. The first kappa shape index (κ1) is 15.2. The van der Waals surface area contributed by atoms with Crippen LogP contribution in [0.5, 0.6) is 0 Å². The monoisotopic (exact) mass is 379 g/mol. The van der Waals surface area contributed by atoms with Crippen molar-refractivity contribution in [1.29, 1.82) is 0 Å². The average Bonchev–Trinajstić information content (AvgIpc) is 2.85. The van der Waals surface area contributed by atoms with Crippen LogP contribution in [-0.2, 0) is 14.3 Å². The van der Waals surface area contributed by atoms with Crippen molar-refractivity contribution >= 4 is 32.3 Å². The van der Waals surface area contributed by atoms with Crippen LogP contribution in [0.1, 0.15) is 46.5 Å². The van der Waals surface area contributed by atoms with Crippen LogP contribution in [0.3, 0.4) is 0 Å². The number of hydrogen-bond donors (Lipinski definition) is 1. The van der Waals surface area contributed by atoms with Crippen LogP contribution in [0.15, 0.2) is 0 Å². The van der Waals surface area contributed by atoms with Crippen molar-refractivity contribution in [2.45, 2.75) is 64.7 Å². The molecule has 19 heavy (non-hydrogen) atoms. The molecule has 0 radical (unpaired) electrons. The van der Waals surface area contributed by atoms with E-state index in [2.05, 4.69) is 5.32 Å². The van der Waals surface area contributed by atoms with E-state index in [4.69, 9.17) is 4.74 Å². The number of halogens is 1. The molecule has 0 aromatic rings. The minimum absolute atomic E-state index is 0.0114. The molecule has 1 amide bonds. The lowest BCUT2D eigenvalue weighted by Crippen LogP contribution is -2.48. The van der Waals surface area contributed by atoms with Gasteiger partial charge in [-0.3, -0.25) is 9.59 Å². The summed E-state index contributed by atoms with van der Waals surface area (Å²) in [5.74, 6) is 0.315. The van der Waals surface area contributed by atoms with E-state index in [1.54, 1.807) is 22.6 Å². The Hall–Kier alpha value is -0.170. The summed E-state index contributed by atoms with van der Waals surface area (Å²) in [6.07, 6.45) is 4.33. The van der Waals surface area contributed by atoms with Gasteiger partial charge in [0.2, 0.25) is 9.70 Å². The number of amides is 1. The first-order valence-electron chi connectivity index (χ1n) is 6.91. The van der Waals surface area contributed by atoms with E-state index < -0.39 is 6.04 Å². The Morgan fingerprint density at radius 3 is 2.47 bits per heavy atom. The van der Waals surface area contributed by atoms with Gasteiger partial charge >= 0.3 is 0 Å². The van der Waals surface area contributed by atoms with Crippen LogP contribution >= 0.6 is 22.6 Å². The number of hydrogen-bond acceptors (Lipinski definition) is 3. The Balaban J connectivity index is 1.88. The van der Waals surface area contributed by atoms with Crippen molar-refractivity contribution in [3.05, 3.63) is 0 Å². The first-order chi connectivity index (χ1) is 8.77. The van der Waals surface area contributed by atoms with Gasteiger partial charge in [-0.05, 0) is 30.6 Å². The van der Waals surface area contributed by atoms with Crippen LogP contribution in [0, 0.1) is 11.3 Å². The molecule has 2 heterocycles. The molecule has 2 aliphatic rings. The minimum atomic E-state index is -0.417. The maximum absolute atomic E-state index is 12.1. The molecule has 4 nitrogen and oxygen atoms in total. The second-order valence-corrected chi connectivity index (χ2v) is 7.81. The van der Waals surface area contributed by atoms with Crippen molar-refractivity contribution in [2.75, 3.05) is 0 Å². The summed E-state index contributed by atoms with van der Waals surface area (Å²) in [5.41, 5.74) is -0.251. The Morgan fingerprint density at radius 1 is 1.37 bits per heavy atom. The molecule has 2 saturated heterocycles. The van der Waals surface area contributed by atoms with Gasteiger partial charge in [0.15, 0.2) is 0 Å². The fourth-order valence-corrected chi connectivity index (χ4v) is 4.12. The van der Waals surface area contributed by atoms with Gasteiger partial charge in [-0.1, -0.05) is 20.8 Å². The van der Waals surface area contributed by atoms with Crippen molar-refractivity contribution in [2.24, 2.45) is 11.3 Å². The van der Waals surface area contributed by atoms with Gasteiger partial charge in [0.25, 0.3) is 0 Å². The summed E-state index contributed by atoms with van der Waals surface area (Å²) in [7, 11) is 0. The zero-order valence-corrected chi connectivity index (χ0v) is 13.9. The van der Waals surface area contributed by atoms with E-state index in [9.17, 15) is 9.59 Å². The van der Waals surface area contributed by atoms with E-state index in [1.165, 1.54) is 0 Å². The largest absolute Gasteiger partial charge is 0.375 e. The highest BCUT2D eigenvalue weighted by Crippen LogP contribution is 2.40. The predicted octanol–water partition coefficient (Wildman–Crippen LogP) is 2.44. The molecule has 108 valence electrons. The highest BCUT2D eigenvalue weighted by Gasteiger charge is 2.42. The van der Waals surface area contributed by atoms with Gasteiger partial charge in [-0.2, -0.15) is 0 Å². The molecule has 0 aromatic carbocycles. The Kier molecular flexibility index (Phi) is 4.55. The third-order valence-electron chi connectivity index (χ3n) is 4.08. The molecule has 4 atom stereocenters. The molecular formula is C14H22INO3. The lowest BCUT2D eigenvalue weighted by atomic mass is 9.85. The maximum atomic E-state index is 12.1. The lowest BCUT2D eigenvalue weighted by molar-refractivity contribution is -0.127. The molecule has 2 fully saturated rings. The molecule has 4 unspecified atom stereocenters. The highest BCUT2D eigenvalue weighted by atomic mass is 127. The predicted molar refractivity (Wildman–Crippen MR) is 81.0 cm³/mol. The number of rotatable bonds is 4. The summed E-state index contributed by atoms with van der Waals surface area (Å²) in [6.45, 7) is 5.90. The van der Waals surface area contributed by atoms with E-state index in [0.29, 0.717) is 18.4 Å². The van der Waals surface area contributed by atoms with Gasteiger partial charge in [0.05, 0.1) is 12.2 Å². The molecule has 0 aromatic heterocycles. The number of carbonyl (C=O) groups is 2. The van der Waals surface area contributed by atoms with Gasteiger partial charge in [0.1, 0.15) is 6.04 Å². The fourth-order valence-electron chi connectivity index (χ4n) is 3.03. The van der Waals surface area contributed by atoms with E-state index >= 15 is 0 Å².